The second-order valence-corrected chi connectivity index (χ2v) is 5.19. The summed E-state index contributed by atoms with van der Waals surface area (Å²) >= 11 is 0. The van der Waals surface area contributed by atoms with E-state index in [1.54, 1.807) is 12.1 Å². The number of carbonyl (C=O) groups excluding carboxylic acids is 1. The van der Waals surface area contributed by atoms with Crippen LogP contribution in [0.3, 0.4) is 0 Å². The molecule has 2 rings (SSSR count). The molecule has 3 N–H and O–H groups in total. The molecule has 0 aromatic heterocycles. The van der Waals surface area contributed by atoms with E-state index in [0.29, 0.717) is 6.42 Å². The van der Waals surface area contributed by atoms with Gasteiger partial charge in [-0.1, -0.05) is 19.4 Å². The number of hydrogen-bond acceptors (Lipinski definition) is 2. The normalized spacial score (nSPS) is 19.6. The lowest BCUT2D eigenvalue weighted by atomic mass is 9.87. The van der Waals surface area contributed by atoms with Crippen LogP contribution < -0.4 is 11.1 Å². The Morgan fingerprint density at radius 3 is 3.11 bits per heavy atom. The van der Waals surface area contributed by atoms with Crippen molar-refractivity contribution < 1.29 is 9.18 Å². The quantitative estimate of drug-likeness (QED) is 0.877. The average molecular weight is 264 g/mol. The van der Waals surface area contributed by atoms with Gasteiger partial charge in [0.15, 0.2) is 0 Å². The van der Waals surface area contributed by atoms with E-state index in [1.165, 1.54) is 6.07 Å². The van der Waals surface area contributed by atoms with Crippen LogP contribution in [0.25, 0.3) is 0 Å². The van der Waals surface area contributed by atoms with E-state index in [2.05, 4.69) is 5.32 Å². The zero-order valence-corrected chi connectivity index (χ0v) is 11.3. The van der Waals surface area contributed by atoms with E-state index in [9.17, 15) is 9.18 Å². The molecule has 1 amide bonds. The minimum Gasteiger partial charge on any atom is -0.348 e. The lowest BCUT2D eigenvalue weighted by Gasteiger charge is -2.27. The van der Waals surface area contributed by atoms with Crippen LogP contribution in [0, 0.1) is 5.82 Å². The summed E-state index contributed by atoms with van der Waals surface area (Å²) in [5.74, 6) is -0.322. The molecular weight excluding hydrogens is 243 g/mol. The Bertz CT molecular complexity index is 461. The average Bonchev–Trinajstić information content (AvgIpc) is 2.38. The number of fused-ring (bicyclic) bond motifs is 1. The minimum atomic E-state index is -0.448. The molecule has 0 saturated carbocycles. The van der Waals surface area contributed by atoms with Crippen LogP contribution in [0.1, 0.15) is 49.8 Å². The van der Waals surface area contributed by atoms with E-state index in [0.717, 1.165) is 36.8 Å². The maximum absolute atomic E-state index is 13.2. The molecule has 1 aromatic rings. The summed E-state index contributed by atoms with van der Waals surface area (Å²) in [6.07, 6.45) is 4.31. The van der Waals surface area contributed by atoms with Crippen molar-refractivity contribution in [2.75, 3.05) is 0 Å². The standard InChI is InChI=1S/C15H21FN2O/c1-2-4-13(17)15(19)18-14-6-3-5-10-9-11(16)7-8-12(10)14/h7-9,13-14H,2-6,17H2,1H3,(H,18,19). The van der Waals surface area contributed by atoms with Gasteiger partial charge in [-0.2, -0.15) is 0 Å². The van der Waals surface area contributed by atoms with E-state index in [-0.39, 0.29) is 17.8 Å². The molecule has 1 aliphatic rings. The van der Waals surface area contributed by atoms with Gasteiger partial charge in [-0.3, -0.25) is 4.79 Å². The fourth-order valence-corrected chi connectivity index (χ4v) is 2.65. The number of halogens is 1. The number of nitrogens with one attached hydrogen (secondary N) is 1. The summed E-state index contributed by atoms with van der Waals surface area (Å²) < 4.78 is 13.2. The van der Waals surface area contributed by atoms with Crippen LogP contribution in [-0.4, -0.2) is 11.9 Å². The molecular formula is C15H21FN2O. The molecule has 2 atom stereocenters. The van der Waals surface area contributed by atoms with Gasteiger partial charge in [0, 0.05) is 0 Å². The van der Waals surface area contributed by atoms with E-state index in [1.807, 2.05) is 6.92 Å². The minimum absolute atomic E-state index is 0.0280. The molecule has 0 saturated heterocycles. The highest BCUT2D eigenvalue weighted by molar-refractivity contribution is 5.81. The Hall–Kier alpha value is -1.42. The molecule has 104 valence electrons. The van der Waals surface area contributed by atoms with Crippen molar-refractivity contribution in [2.45, 2.75) is 51.1 Å². The summed E-state index contributed by atoms with van der Waals surface area (Å²) in [5.41, 5.74) is 7.85. The molecule has 0 spiro atoms. The van der Waals surface area contributed by atoms with Crippen molar-refractivity contribution in [1.82, 2.24) is 5.32 Å². The van der Waals surface area contributed by atoms with Gasteiger partial charge in [-0.05, 0) is 48.9 Å². The zero-order chi connectivity index (χ0) is 13.8. The van der Waals surface area contributed by atoms with Crippen LogP contribution in [0.5, 0.6) is 0 Å². The zero-order valence-electron chi connectivity index (χ0n) is 11.3. The van der Waals surface area contributed by atoms with Gasteiger partial charge in [-0.25, -0.2) is 4.39 Å². The van der Waals surface area contributed by atoms with E-state index >= 15 is 0 Å². The number of rotatable bonds is 4. The molecule has 0 bridgehead atoms. The Kier molecular flexibility index (Phi) is 4.53. The number of aryl methyl sites for hydroxylation is 1. The van der Waals surface area contributed by atoms with E-state index < -0.39 is 6.04 Å². The largest absolute Gasteiger partial charge is 0.348 e. The van der Waals surface area contributed by atoms with Crippen LogP contribution in [-0.2, 0) is 11.2 Å². The number of nitrogens with two attached hydrogens (primary N) is 1. The number of hydrogen-bond donors (Lipinski definition) is 2. The molecule has 19 heavy (non-hydrogen) atoms. The van der Waals surface area contributed by atoms with Crippen molar-refractivity contribution in [3.8, 4) is 0 Å². The Morgan fingerprint density at radius 2 is 2.37 bits per heavy atom. The van der Waals surface area contributed by atoms with Gasteiger partial charge in [0.05, 0.1) is 12.1 Å². The Morgan fingerprint density at radius 1 is 1.58 bits per heavy atom. The summed E-state index contributed by atoms with van der Waals surface area (Å²) in [4.78, 5) is 12.0. The van der Waals surface area contributed by atoms with Gasteiger partial charge in [0.25, 0.3) is 0 Å². The van der Waals surface area contributed by atoms with Gasteiger partial charge >= 0.3 is 0 Å². The van der Waals surface area contributed by atoms with Crippen molar-refractivity contribution in [3.05, 3.63) is 35.1 Å². The molecule has 1 aromatic carbocycles. The molecule has 0 heterocycles. The third-order valence-electron chi connectivity index (χ3n) is 3.67. The second kappa shape index (κ2) is 6.15. The Labute approximate surface area is 113 Å². The summed E-state index contributed by atoms with van der Waals surface area (Å²) in [7, 11) is 0. The fraction of sp³-hybridized carbons (Fsp3) is 0.533. The number of amides is 1. The molecule has 3 nitrogen and oxygen atoms in total. The first-order chi connectivity index (χ1) is 9.11. The highest BCUT2D eigenvalue weighted by Gasteiger charge is 2.23. The van der Waals surface area contributed by atoms with Crippen LogP contribution in [0.2, 0.25) is 0 Å². The molecule has 2 unspecified atom stereocenters. The van der Waals surface area contributed by atoms with Crippen LogP contribution in [0.15, 0.2) is 18.2 Å². The molecule has 1 aliphatic carbocycles. The van der Waals surface area contributed by atoms with Crippen molar-refractivity contribution in [3.63, 3.8) is 0 Å². The third-order valence-corrected chi connectivity index (χ3v) is 3.67. The van der Waals surface area contributed by atoms with Crippen LogP contribution >= 0.6 is 0 Å². The SMILES string of the molecule is CCCC(N)C(=O)NC1CCCc2cc(F)ccc21. The Balaban J connectivity index is 2.09. The predicted octanol–water partition coefficient (Wildman–Crippen LogP) is 2.45. The molecule has 0 fully saturated rings. The molecule has 4 heteroatoms. The van der Waals surface area contributed by atoms with E-state index in [4.69, 9.17) is 5.73 Å². The third kappa shape index (κ3) is 3.32. The van der Waals surface area contributed by atoms with Gasteiger partial charge in [0.2, 0.25) is 5.91 Å². The first-order valence-electron chi connectivity index (χ1n) is 6.96. The topological polar surface area (TPSA) is 55.1 Å². The summed E-state index contributed by atoms with van der Waals surface area (Å²) in [6.45, 7) is 2.01. The van der Waals surface area contributed by atoms with Gasteiger partial charge < -0.3 is 11.1 Å². The van der Waals surface area contributed by atoms with Gasteiger partial charge in [-0.15, -0.1) is 0 Å². The van der Waals surface area contributed by atoms with Gasteiger partial charge in [0.1, 0.15) is 5.82 Å². The summed E-state index contributed by atoms with van der Waals surface area (Å²) in [5, 5.41) is 2.99. The van der Waals surface area contributed by atoms with Crippen LogP contribution in [0.4, 0.5) is 4.39 Å². The lowest BCUT2D eigenvalue weighted by molar-refractivity contribution is -0.123. The predicted molar refractivity (Wildman–Crippen MR) is 73.1 cm³/mol. The number of benzene rings is 1. The highest BCUT2D eigenvalue weighted by Crippen LogP contribution is 2.30. The van der Waals surface area contributed by atoms with Crippen molar-refractivity contribution in [2.24, 2.45) is 5.73 Å². The first kappa shape index (κ1) is 14.0. The monoisotopic (exact) mass is 264 g/mol. The lowest BCUT2D eigenvalue weighted by Crippen LogP contribution is -2.42. The summed E-state index contributed by atoms with van der Waals surface area (Å²) in [6, 6.07) is 4.32. The highest BCUT2D eigenvalue weighted by atomic mass is 19.1. The molecule has 0 radical (unpaired) electrons. The van der Waals surface area contributed by atoms with Crippen molar-refractivity contribution in [1.29, 1.82) is 0 Å². The molecule has 0 aliphatic heterocycles. The number of carbonyl (C=O) groups is 1. The van der Waals surface area contributed by atoms with Crippen molar-refractivity contribution >= 4 is 5.91 Å². The fourth-order valence-electron chi connectivity index (χ4n) is 2.65. The smallest absolute Gasteiger partial charge is 0.237 e. The first-order valence-corrected chi connectivity index (χ1v) is 6.96. The maximum Gasteiger partial charge on any atom is 0.237 e. The maximum atomic E-state index is 13.2. The second-order valence-electron chi connectivity index (χ2n) is 5.19.